The molecule has 1 heterocycles. The molecule has 0 bridgehead atoms. The summed E-state index contributed by atoms with van der Waals surface area (Å²) in [7, 11) is 0. The molecule has 16 heavy (non-hydrogen) atoms. The maximum atomic E-state index is 5.46. The van der Waals surface area contributed by atoms with Gasteiger partial charge in [0.05, 0.1) is 5.69 Å². The number of aryl methyl sites for hydroxylation is 2. The molecule has 1 aromatic rings. The Kier molecular flexibility index (Phi) is 9.63. The summed E-state index contributed by atoms with van der Waals surface area (Å²) in [5.74, 6) is 1.09. The molecular formula is C12H24BrN3. The number of hydrogen-bond acceptors (Lipinski definition) is 2. The van der Waals surface area contributed by atoms with E-state index in [0.717, 1.165) is 31.6 Å². The highest BCUT2D eigenvalue weighted by Crippen LogP contribution is 2.06. The number of aromatic amines is 1. The molecule has 0 aliphatic rings. The summed E-state index contributed by atoms with van der Waals surface area (Å²) in [5, 5.41) is 0. The van der Waals surface area contributed by atoms with Crippen molar-refractivity contribution in [1.82, 2.24) is 9.97 Å². The number of aromatic nitrogens is 2. The van der Waals surface area contributed by atoms with Gasteiger partial charge in [0.25, 0.3) is 0 Å². The molecular weight excluding hydrogens is 266 g/mol. The van der Waals surface area contributed by atoms with Crippen molar-refractivity contribution in [2.45, 2.75) is 51.9 Å². The molecule has 0 aromatic carbocycles. The van der Waals surface area contributed by atoms with Gasteiger partial charge in [0.1, 0.15) is 5.82 Å². The van der Waals surface area contributed by atoms with Gasteiger partial charge in [-0.25, -0.2) is 4.98 Å². The van der Waals surface area contributed by atoms with Crippen molar-refractivity contribution >= 4 is 17.0 Å². The normalized spacial score (nSPS) is 10.1. The van der Waals surface area contributed by atoms with Crippen LogP contribution >= 0.6 is 17.0 Å². The van der Waals surface area contributed by atoms with Crippen molar-refractivity contribution in [3.63, 3.8) is 0 Å². The van der Waals surface area contributed by atoms with Crippen molar-refractivity contribution in [1.29, 1.82) is 0 Å². The van der Waals surface area contributed by atoms with E-state index in [0.29, 0.717) is 0 Å². The summed E-state index contributed by atoms with van der Waals surface area (Å²) in [6.07, 6.45) is 10.4. The molecule has 0 spiro atoms. The molecule has 3 N–H and O–H groups in total. The van der Waals surface area contributed by atoms with E-state index in [4.69, 9.17) is 5.73 Å². The van der Waals surface area contributed by atoms with Crippen molar-refractivity contribution in [3.05, 3.63) is 17.7 Å². The van der Waals surface area contributed by atoms with Gasteiger partial charge >= 0.3 is 0 Å². The van der Waals surface area contributed by atoms with Gasteiger partial charge in [0, 0.05) is 12.6 Å². The molecule has 1 aromatic heterocycles. The maximum Gasteiger partial charge on any atom is 0.106 e. The van der Waals surface area contributed by atoms with Crippen LogP contribution in [0.2, 0.25) is 0 Å². The molecule has 0 amide bonds. The summed E-state index contributed by atoms with van der Waals surface area (Å²) in [5.41, 5.74) is 6.66. The Labute approximate surface area is 109 Å². The number of nitrogens with one attached hydrogen (secondary N) is 1. The Morgan fingerprint density at radius 2 is 2.00 bits per heavy atom. The predicted octanol–water partition coefficient (Wildman–Crippen LogP) is 3.00. The zero-order chi connectivity index (χ0) is 10.9. The smallest absolute Gasteiger partial charge is 0.106 e. The van der Waals surface area contributed by atoms with Gasteiger partial charge in [-0.3, -0.25) is 0 Å². The Hall–Kier alpha value is -0.350. The molecule has 1 rings (SSSR count). The first-order chi connectivity index (χ1) is 7.36. The van der Waals surface area contributed by atoms with E-state index in [9.17, 15) is 0 Å². The molecule has 0 aliphatic carbocycles. The van der Waals surface area contributed by atoms with Crippen molar-refractivity contribution in [3.8, 4) is 0 Å². The number of imidazole rings is 1. The number of nitrogens with zero attached hydrogens (tertiary/aromatic N) is 1. The van der Waals surface area contributed by atoms with Crippen molar-refractivity contribution in [2.75, 3.05) is 6.54 Å². The number of unbranched alkanes of at least 4 members (excludes halogenated alkanes) is 3. The largest absolute Gasteiger partial charge is 0.348 e. The molecule has 94 valence electrons. The second-order valence-electron chi connectivity index (χ2n) is 4.04. The van der Waals surface area contributed by atoms with E-state index in [1.54, 1.807) is 0 Å². The number of hydrogen-bond donors (Lipinski definition) is 2. The first-order valence-corrected chi connectivity index (χ1v) is 6.10. The summed E-state index contributed by atoms with van der Waals surface area (Å²) in [6, 6.07) is 0. The molecule has 0 radical (unpaired) electrons. The van der Waals surface area contributed by atoms with Crippen LogP contribution in [0.15, 0.2) is 6.20 Å². The molecule has 0 atom stereocenters. The van der Waals surface area contributed by atoms with Gasteiger partial charge in [-0.1, -0.05) is 26.2 Å². The van der Waals surface area contributed by atoms with Crippen LogP contribution in [0, 0.1) is 0 Å². The summed E-state index contributed by atoms with van der Waals surface area (Å²) >= 11 is 0. The molecule has 0 unspecified atom stereocenters. The number of rotatable bonds is 8. The van der Waals surface area contributed by atoms with Gasteiger partial charge in [-0.2, -0.15) is 0 Å². The standard InChI is InChI=1S/C12H23N3.BrH/c1-2-3-4-5-7-11-10-14-12(15-11)8-6-9-13;/h10H,2-9,13H2,1H3,(H,14,15);1H. The van der Waals surface area contributed by atoms with Crippen molar-refractivity contribution in [2.24, 2.45) is 5.73 Å². The van der Waals surface area contributed by atoms with E-state index >= 15 is 0 Å². The fourth-order valence-corrected chi connectivity index (χ4v) is 1.66. The number of nitrogens with two attached hydrogens (primary N) is 1. The SMILES string of the molecule is Br.CCCCCCc1c[nH]c(CCCN)n1. The van der Waals surface area contributed by atoms with Crippen LogP contribution in [0.3, 0.4) is 0 Å². The molecule has 4 heteroatoms. The molecule has 0 saturated carbocycles. The lowest BCUT2D eigenvalue weighted by Gasteiger charge is -1.96. The lowest BCUT2D eigenvalue weighted by Crippen LogP contribution is -2.01. The third-order valence-corrected chi connectivity index (χ3v) is 2.59. The topological polar surface area (TPSA) is 54.7 Å². The summed E-state index contributed by atoms with van der Waals surface area (Å²) in [4.78, 5) is 7.75. The minimum atomic E-state index is 0. The molecule has 0 aliphatic heterocycles. The van der Waals surface area contributed by atoms with Gasteiger partial charge in [0.2, 0.25) is 0 Å². The van der Waals surface area contributed by atoms with E-state index in [-0.39, 0.29) is 17.0 Å². The highest BCUT2D eigenvalue weighted by Gasteiger charge is 2.00. The van der Waals surface area contributed by atoms with Crippen LogP contribution < -0.4 is 5.73 Å². The second-order valence-corrected chi connectivity index (χ2v) is 4.04. The monoisotopic (exact) mass is 289 g/mol. The number of halogens is 1. The lowest BCUT2D eigenvalue weighted by atomic mass is 10.1. The zero-order valence-electron chi connectivity index (χ0n) is 10.2. The first-order valence-electron chi connectivity index (χ1n) is 6.10. The Balaban J connectivity index is 0.00000225. The molecule has 0 saturated heterocycles. The van der Waals surface area contributed by atoms with Crippen molar-refractivity contribution < 1.29 is 0 Å². The predicted molar refractivity (Wildman–Crippen MR) is 74.1 cm³/mol. The quantitative estimate of drug-likeness (QED) is 0.723. The van der Waals surface area contributed by atoms with Gasteiger partial charge in [0.15, 0.2) is 0 Å². The second kappa shape index (κ2) is 9.85. The van der Waals surface area contributed by atoms with Crippen LogP contribution in [0.5, 0.6) is 0 Å². The fraction of sp³-hybridized carbons (Fsp3) is 0.750. The lowest BCUT2D eigenvalue weighted by molar-refractivity contribution is 0.660. The van der Waals surface area contributed by atoms with E-state index in [1.165, 1.54) is 31.4 Å². The average molecular weight is 290 g/mol. The maximum absolute atomic E-state index is 5.46. The van der Waals surface area contributed by atoms with Gasteiger partial charge in [-0.05, 0) is 25.8 Å². The van der Waals surface area contributed by atoms with E-state index in [2.05, 4.69) is 16.9 Å². The van der Waals surface area contributed by atoms with E-state index in [1.807, 2.05) is 6.20 Å². The minimum absolute atomic E-state index is 0. The Morgan fingerprint density at radius 3 is 2.69 bits per heavy atom. The highest BCUT2D eigenvalue weighted by atomic mass is 79.9. The fourth-order valence-electron chi connectivity index (χ4n) is 1.66. The van der Waals surface area contributed by atoms with Crippen LogP contribution in [-0.2, 0) is 12.8 Å². The Morgan fingerprint density at radius 1 is 1.19 bits per heavy atom. The Bertz CT molecular complexity index is 261. The highest BCUT2D eigenvalue weighted by molar-refractivity contribution is 8.93. The minimum Gasteiger partial charge on any atom is -0.348 e. The summed E-state index contributed by atoms with van der Waals surface area (Å²) in [6.45, 7) is 2.98. The van der Waals surface area contributed by atoms with Crippen LogP contribution in [-0.4, -0.2) is 16.5 Å². The third-order valence-electron chi connectivity index (χ3n) is 2.59. The summed E-state index contributed by atoms with van der Waals surface area (Å²) < 4.78 is 0. The number of H-pyrrole nitrogens is 1. The van der Waals surface area contributed by atoms with E-state index < -0.39 is 0 Å². The zero-order valence-corrected chi connectivity index (χ0v) is 11.9. The average Bonchev–Trinajstić information content (AvgIpc) is 2.69. The molecule has 3 nitrogen and oxygen atoms in total. The molecule has 0 fully saturated rings. The van der Waals surface area contributed by atoms with Gasteiger partial charge in [-0.15, -0.1) is 17.0 Å². The van der Waals surface area contributed by atoms with Crippen LogP contribution in [0.25, 0.3) is 0 Å². The van der Waals surface area contributed by atoms with Crippen LogP contribution in [0.4, 0.5) is 0 Å². The van der Waals surface area contributed by atoms with Gasteiger partial charge < -0.3 is 10.7 Å². The third kappa shape index (κ3) is 6.28. The van der Waals surface area contributed by atoms with Crippen LogP contribution in [0.1, 0.15) is 50.5 Å². The first kappa shape index (κ1) is 15.7.